The number of benzene rings is 1. The van der Waals surface area contributed by atoms with E-state index in [4.69, 9.17) is 0 Å². The first kappa shape index (κ1) is 13.3. The highest BCUT2D eigenvalue weighted by atomic mass is 16.2. The van der Waals surface area contributed by atoms with Gasteiger partial charge in [-0.05, 0) is 18.6 Å². The van der Waals surface area contributed by atoms with Crippen molar-refractivity contribution in [3.05, 3.63) is 40.3 Å². The highest BCUT2D eigenvalue weighted by Gasteiger charge is 2.18. The van der Waals surface area contributed by atoms with E-state index >= 15 is 0 Å². The predicted molar refractivity (Wildman–Crippen MR) is 78.4 cm³/mol. The molecule has 0 atom stereocenters. The number of nitrogens with zero attached hydrogens (tertiary/aromatic N) is 3. The molecule has 0 unspecified atom stereocenters. The van der Waals surface area contributed by atoms with Crippen LogP contribution in [0.5, 0.6) is 0 Å². The second-order valence-corrected chi connectivity index (χ2v) is 4.78. The van der Waals surface area contributed by atoms with Gasteiger partial charge in [0.2, 0.25) is 0 Å². The van der Waals surface area contributed by atoms with Gasteiger partial charge in [-0.25, -0.2) is 4.52 Å². The molecule has 1 amide bonds. The Morgan fingerprint density at radius 2 is 2.19 bits per heavy atom. The maximum absolute atomic E-state index is 12.2. The molecule has 0 saturated carbocycles. The first-order valence-corrected chi connectivity index (χ1v) is 6.87. The number of aromatic amines is 1. The molecule has 0 fully saturated rings. The third kappa shape index (κ3) is 2.26. The van der Waals surface area contributed by atoms with Crippen molar-refractivity contribution in [2.45, 2.75) is 19.8 Å². The fourth-order valence-corrected chi connectivity index (χ4v) is 2.22. The van der Waals surface area contributed by atoms with Crippen LogP contribution in [-0.4, -0.2) is 32.3 Å². The number of carbonyl (C=O) groups excluding carboxylic acids is 1. The number of para-hydroxylation sites is 2. The second kappa shape index (κ2) is 5.35. The van der Waals surface area contributed by atoms with Crippen LogP contribution in [0.2, 0.25) is 0 Å². The summed E-state index contributed by atoms with van der Waals surface area (Å²) in [6, 6.07) is 7.24. The Morgan fingerprint density at radius 1 is 1.38 bits per heavy atom. The summed E-state index contributed by atoms with van der Waals surface area (Å²) in [6.45, 7) is 2.59. The van der Waals surface area contributed by atoms with Gasteiger partial charge < -0.3 is 10.3 Å². The molecule has 3 rings (SSSR count). The third-order valence-corrected chi connectivity index (χ3v) is 3.30. The number of hydrogen-bond acceptors (Lipinski definition) is 4. The molecular formula is C14H15N5O2. The van der Waals surface area contributed by atoms with Crippen molar-refractivity contribution >= 4 is 22.5 Å². The molecule has 0 aliphatic rings. The highest BCUT2D eigenvalue weighted by Crippen LogP contribution is 2.12. The van der Waals surface area contributed by atoms with E-state index in [0.717, 1.165) is 12.8 Å². The summed E-state index contributed by atoms with van der Waals surface area (Å²) in [4.78, 5) is 27.0. The van der Waals surface area contributed by atoms with Crippen LogP contribution in [0.1, 0.15) is 30.3 Å². The standard InChI is InChI=1S/C14H15N5O2/c1-2-3-8-15-13(20)11-12-14(21)16-9-6-4-5-7-10(9)19(12)18-17-11/h4-7H,2-3,8H2,1H3,(H,15,20)(H,16,21). The molecule has 0 saturated heterocycles. The molecule has 0 aliphatic carbocycles. The lowest BCUT2D eigenvalue weighted by atomic mass is 10.2. The predicted octanol–water partition coefficient (Wildman–Crippen LogP) is 1.10. The molecule has 2 N–H and O–H groups in total. The van der Waals surface area contributed by atoms with E-state index < -0.39 is 0 Å². The fraction of sp³-hybridized carbons (Fsp3) is 0.286. The maximum Gasteiger partial charge on any atom is 0.277 e. The quantitative estimate of drug-likeness (QED) is 0.702. The number of rotatable bonds is 4. The van der Waals surface area contributed by atoms with Crippen LogP contribution in [0.4, 0.5) is 0 Å². The molecule has 21 heavy (non-hydrogen) atoms. The number of amides is 1. The molecule has 3 aromatic rings. The molecule has 108 valence electrons. The van der Waals surface area contributed by atoms with E-state index in [1.54, 1.807) is 6.07 Å². The minimum absolute atomic E-state index is 0.0538. The van der Waals surface area contributed by atoms with E-state index in [1.165, 1.54) is 4.52 Å². The van der Waals surface area contributed by atoms with E-state index in [2.05, 4.69) is 20.6 Å². The van der Waals surface area contributed by atoms with Gasteiger partial charge in [0.15, 0.2) is 11.2 Å². The minimum atomic E-state index is -0.376. The SMILES string of the molecule is CCCCNC(=O)c1nnn2c1c(=O)[nH]c1ccccc12. The average Bonchev–Trinajstić information content (AvgIpc) is 2.93. The van der Waals surface area contributed by atoms with E-state index in [1.807, 2.05) is 25.1 Å². The Hall–Kier alpha value is -2.70. The van der Waals surface area contributed by atoms with Gasteiger partial charge in [-0.2, -0.15) is 0 Å². The monoisotopic (exact) mass is 285 g/mol. The molecule has 0 bridgehead atoms. The Labute approximate surface area is 120 Å². The van der Waals surface area contributed by atoms with Crippen LogP contribution in [0, 0.1) is 0 Å². The Balaban J connectivity index is 2.12. The Morgan fingerprint density at radius 3 is 3.00 bits per heavy atom. The Bertz CT molecular complexity index is 865. The molecule has 1 aromatic carbocycles. The van der Waals surface area contributed by atoms with Crippen LogP contribution >= 0.6 is 0 Å². The summed E-state index contributed by atoms with van der Waals surface area (Å²) in [7, 11) is 0. The first-order valence-electron chi connectivity index (χ1n) is 6.87. The lowest BCUT2D eigenvalue weighted by Crippen LogP contribution is -2.26. The number of unbranched alkanes of at least 4 members (excludes halogenated alkanes) is 1. The zero-order valence-corrected chi connectivity index (χ0v) is 11.6. The summed E-state index contributed by atoms with van der Waals surface area (Å²) in [5, 5.41) is 10.6. The molecular weight excluding hydrogens is 270 g/mol. The van der Waals surface area contributed by atoms with Crippen molar-refractivity contribution in [3.8, 4) is 0 Å². The van der Waals surface area contributed by atoms with Gasteiger partial charge in [0.05, 0.1) is 11.0 Å². The number of nitrogens with one attached hydrogen (secondary N) is 2. The fourth-order valence-electron chi connectivity index (χ4n) is 2.22. The van der Waals surface area contributed by atoms with Crippen molar-refractivity contribution in [1.29, 1.82) is 0 Å². The topological polar surface area (TPSA) is 92.2 Å². The van der Waals surface area contributed by atoms with Crippen molar-refractivity contribution < 1.29 is 4.79 Å². The van der Waals surface area contributed by atoms with Gasteiger partial charge in [0.1, 0.15) is 0 Å². The molecule has 0 spiro atoms. The van der Waals surface area contributed by atoms with Crippen molar-refractivity contribution in [3.63, 3.8) is 0 Å². The molecule has 7 nitrogen and oxygen atoms in total. The van der Waals surface area contributed by atoms with Crippen LogP contribution in [0.3, 0.4) is 0 Å². The summed E-state index contributed by atoms with van der Waals surface area (Å²) in [5.74, 6) is -0.376. The van der Waals surface area contributed by atoms with Crippen molar-refractivity contribution in [2.24, 2.45) is 0 Å². The van der Waals surface area contributed by atoms with Crippen molar-refractivity contribution in [2.75, 3.05) is 6.54 Å². The Kier molecular flexibility index (Phi) is 3.39. The van der Waals surface area contributed by atoms with Crippen molar-refractivity contribution in [1.82, 2.24) is 25.1 Å². The average molecular weight is 285 g/mol. The summed E-state index contributed by atoms with van der Waals surface area (Å²) >= 11 is 0. The lowest BCUT2D eigenvalue weighted by Gasteiger charge is -2.02. The zero-order valence-electron chi connectivity index (χ0n) is 11.6. The van der Waals surface area contributed by atoms with Crippen LogP contribution < -0.4 is 10.9 Å². The largest absolute Gasteiger partial charge is 0.351 e. The van der Waals surface area contributed by atoms with Gasteiger partial charge in [-0.15, -0.1) is 5.10 Å². The minimum Gasteiger partial charge on any atom is -0.351 e. The van der Waals surface area contributed by atoms with E-state index in [-0.39, 0.29) is 22.7 Å². The van der Waals surface area contributed by atoms with Crippen LogP contribution in [-0.2, 0) is 0 Å². The van der Waals surface area contributed by atoms with Gasteiger partial charge in [0, 0.05) is 6.54 Å². The molecule has 0 aliphatic heterocycles. The first-order chi connectivity index (χ1) is 10.2. The number of fused-ring (bicyclic) bond motifs is 3. The van der Waals surface area contributed by atoms with Gasteiger partial charge >= 0.3 is 0 Å². The summed E-state index contributed by atoms with van der Waals surface area (Å²) < 4.78 is 1.41. The number of aromatic nitrogens is 4. The number of H-pyrrole nitrogens is 1. The molecule has 2 aromatic heterocycles. The smallest absolute Gasteiger partial charge is 0.277 e. The second-order valence-electron chi connectivity index (χ2n) is 4.78. The van der Waals surface area contributed by atoms with Crippen LogP contribution in [0.15, 0.2) is 29.1 Å². The molecule has 0 radical (unpaired) electrons. The molecule has 2 heterocycles. The van der Waals surface area contributed by atoms with E-state index in [9.17, 15) is 9.59 Å². The molecule has 7 heteroatoms. The summed E-state index contributed by atoms with van der Waals surface area (Å²) in [5.41, 5.74) is 1.20. The van der Waals surface area contributed by atoms with Gasteiger partial charge in [0.25, 0.3) is 11.5 Å². The summed E-state index contributed by atoms with van der Waals surface area (Å²) in [6.07, 6.45) is 1.86. The van der Waals surface area contributed by atoms with E-state index in [0.29, 0.717) is 17.6 Å². The lowest BCUT2D eigenvalue weighted by molar-refractivity contribution is 0.0949. The maximum atomic E-state index is 12.2. The zero-order chi connectivity index (χ0) is 14.8. The number of hydrogen-bond donors (Lipinski definition) is 2. The van der Waals surface area contributed by atoms with Gasteiger partial charge in [-0.3, -0.25) is 9.59 Å². The third-order valence-electron chi connectivity index (χ3n) is 3.30. The number of carbonyl (C=O) groups is 1. The normalized spacial score (nSPS) is 11.1. The highest BCUT2D eigenvalue weighted by molar-refractivity contribution is 5.99. The van der Waals surface area contributed by atoms with Crippen LogP contribution in [0.25, 0.3) is 16.6 Å². The van der Waals surface area contributed by atoms with Gasteiger partial charge in [-0.1, -0.05) is 30.7 Å².